The topological polar surface area (TPSA) is 26.3 Å². The summed E-state index contributed by atoms with van der Waals surface area (Å²) in [4.78, 5) is 11.4. The lowest BCUT2D eigenvalue weighted by Crippen LogP contribution is -2.05. The molecule has 0 N–H and O–H groups in total. The molecule has 0 heterocycles. The Bertz CT molecular complexity index is 353. The molecule has 0 unspecified atom stereocenters. The number of hydrogen-bond donors (Lipinski definition) is 0. The molecule has 0 aromatic heterocycles. The molecule has 0 aliphatic heterocycles. The highest BCUT2D eigenvalue weighted by Crippen LogP contribution is 2.13. The first kappa shape index (κ1) is 10.5. The van der Waals surface area contributed by atoms with E-state index in [4.69, 9.17) is 0 Å². The van der Waals surface area contributed by atoms with Crippen LogP contribution < -0.4 is 0 Å². The van der Waals surface area contributed by atoms with E-state index in [0.717, 1.165) is 11.1 Å². The second-order valence-corrected chi connectivity index (χ2v) is 3.14. The number of ether oxygens (including phenoxy) is 1. The number of carbonyl (C=O) groups is 1. The van der Waals surface area contributed by atoms with Crippen LogP contribution in [0.15, 0.2) is 30.9 Å². The molecule has 2 heteroatoms. The molecule has 0 saturated heterocycles. The third kappa shape index (κ3) is 2.22. The van der Waals surface area contributed by atoms with Gasteiger partial charge in [0.1, 0.15) is 0 Å². The molecule has 0 aliphatic carbocycles. The lowest BCUT2D eigenvalue weighted by molar-refractivity contribution is 0.0599. The molecular weight excluding hydrogens is 176 g/mol. The molecule has 2 nitrogen and oxygen atoms in total. The number of hydrogen-bond acceptors (Lipinski definition) is 2. The van der Waals surface area contributed by atoms with E-state index < -0.39 is 0 Å². The van der Waals surface area contributed by atoms with Crippen molar-refractivity contribution >= 4 is 5.97 Å². The van der Waals surface area contributed by atoms with Crippen molar-refractivity contribution in [2.45, 2.75) is 13.3 Å². The number of methoxy groups -OCH3 is 1. The Morgan fingerprint density at radius 1 is 1.57 bits per heavy atom. The van der Waals surface area contributed by atoms with Crippen LogP contribution in [0.25, 0.3) is 0 Å². The van der Waals surface area contributed by atoms with Gasteiger partial charge in [0.15, 0.2) is 0 Å². The maximum atomic E-state index is 11.4. The second-order valence-electron chi connectivity index (χ2n) is 3.14. The van der Waals surface area contributed by atoms with Crippen LogP contribution in [0.2, 0.25) is 0 Å². The Balaban J connectivity index is 3.13. The van der Waals surface area contributed by atoms with Crippen LogP contribution in [0.1, 0.15) is 21.5 Å². The number of benzene rings is 1. The minimum atomic E-state index is -0.290. The standard InChI is InChI=1S/C12H14O2/c1-4-5-10-8-9(2)6-7-11(10)12(13)14-3/h4,6-8H,1,5H2,2-3H3. The fourth-order valence-corrected chi connectivity index (χ4v) is 1.36. The van der Waals surface area contributed by atoms with E-state index in [1.54, 1.807) is 12.1 Å². The summed E-state index contributed by atoms with van der Waals surface area (Å²) < 4.78 is 4.69. The fraction of sp³-hybridized carbons (Fsp3) is 0.250. The zero-order chi connectivity index (χ0) is 10.6. The number of allylic oxidation sites excluding steroid dienone is 1. The van der Waals surface area contributed by atoms with Gasteiger partial charge in [-0.05, 0) is 25.0 Å². The van der Waals surface area contributed by atoms with E-state index in [0.29, 0.717) is 12.0 Å². The molecule has 0 spiro atoms. The molecule has 0 bridgehead atoms. The van der Waals surface area contributed by atoms with Crippen molar-refractivity contribution in [3.05, 3.63) is 47.5 Å². The van der Waals surface area contributed by atoms with Crippen LogP contribution in [-0.2, 0) is 11.2 Å². The molecule has 0 amide bonds. The molecule has 0 radical (unpaired) electrons. The molecule has 1 aromatic rings. The molecular formula is C12H14O2. The third-order valence-electron chi connectivity index (χ3n) is 2.03. The molecule has 14 heavy (non-hydrogen) atoms. The Labute approximate surface area is 84.2 Å². The van der Waals surface area contributed by atoms with Gasteiger partial charge in [-0.3, -0.25) is 0 Å². The van der Waals surface area contributed by atoms with E-state index in [2.05, 4.69) is 11.3 Å². The van der Waals surface area contributed by atoms with Gasteiger partial charge in [0.2, 0.25) is 0 Å². The predicted octanol–water partition coefficient (Wildman–Crippen LogP) is 2.51. The lowest BCUT2D eigenvalue weighted by atomic mass is 10.0. The molecule has 0 atom stereocenters. The van der Waals surface area contributed by atoms with Crippen molar-refractivity contribution in [3.63, 3.8) is 0 Å². The number of aryl methyl sites for hydroxylation is 1. The highest BCUT2D eigenvalue weighted by Gasteiger charge is 2.09. The molecule has 0 aliphatic rings. The molecule has 0 saturated carbocycles. The summed E-state index contributed by atoms with van der Waals surface area (Å²) in [6, 6.07) is 5.67. The largest absolute Gasteiger partial charge is 0.465 e. The number of carbonyl (C=O) groups excluding carboxylic acids is 1. The summed E-state index contributed by atoms with van der Waals surface area (Å²) >= 11 is 0. The summed E-state index contributed by atoms with van der Waals surface area (Å²) in [7, 11) is 1.39. The maximum absolute atomic E-state index is 11.4. The Morgan fingerprint density at radius 2 is 2.29 bits per heavy atom. The van der Waals surface area contributed by atoms with Crippen molar-refractivity contribution < 1.29 is 9.53 Å². The van der Waals surface area contributed by atoms with Gasteiger partial charge in [0, 0.05) is 0 Å². The van der Waals surface area contributed by atoms with Crippen LogP contribution in [-0.4, -0.2) is 13.1 Å². The average molecular weight is 190 g/mol. The van der Waals surface area contributed by atoms with Crippen LogP contribution in [0.5, 0.6) is 0 Å². The Kier molecular flexibility index (Phi) is 3.46. The number of esters is 1. The van der Waals surface area contributed by atoms with E-state index >= 15 is 0 Å². The van der Waals surface area contributed by atoms with E-state index in [1.807, 2.05) is 19.1 Å². The van der Waals surface area contributed by atoms with Crippen LogP contribution in [0.4, 0.5) is 0 Å². The number of rotatable bonds is 3. The third-order valence-corrected chi connectivity index (χ3v) is 2.03. The van der Waals surface area contributed by atoms with Crippen molar-refractivity contribution in [2.24, 2.45) is 0 Å². The maximum Gasteiger partial charge on any atom is 0.338 e. The van der Waals surface area contributed by atoms with Crippen LogP contribution in [0, 0.1) is 6.92 Å². The lowest BCUT2D eigenvalue weighted by Gasteiger charge is -2.06. The first-order chi connectivity index (χ1) is 6.69. The van der Waals surface area contributed by atoms with E-state index in [-0.39, 0.29) is 5.97 Å². The minimum absolute atomic E-state index is 0.290. The predicted molar refractivity (Wildman–Crippen MR) is 56.4 cm³/mol. The van der Waals surface area contributed by atoms with Gasteiger partial charge in [0.05, 0.1) is 12.7 Å². The molecule has 1 aromatic carbocycles. The first-order valence-corrected chi connectivity index (χ1v) is 4.47. The second kappa shape index (κ2) is 4.61. The SMILES string of the molecule is C=CCc1cc(C)ccc1C(=O)OC. The monoisotopic (exact) mass is 190 g/mol. The Hall–Kier alpha value is -1.57. The molecule has 1 rings (SSSR count). The molecule has 74 valence electrons. The van der Waals surface area contributed by atoms with Gasteiger partial charge < -0.3 is 4.74 Å². The van der Waals surface area contributed by atoms with Gasteiger partial charge in [-0.15, -0.1) is 6.58 Å². The Morgan fingerprint density at radius 3 is 2.86 bits per heavy atom. The van der Waals surface area contributed by atoms with Crippen molar-refractivity contribution in [3.8, 4) is 0 Å². The van der Waals surface area contributed by atoms with Crippen LogP contribution in [0.3, 0.4) is 0 Å². The van der Waals surface area contributed by atoms with Gasteiger partial charge >= 0.3 is 5.97 Å². The van der Waals surface area contributed by atoms with Gasteiger partial charge in [0.25, 0.3) is 0 Å². The summed E-state index contributed by atoms with van der Waals surface area (Å²) in [5.41, 5.74) is 2.72. The van der Waals surface area contributed by atoms with Gasteiger partial charge in [-0.25, -0.2) is 4.79 Å². The van der Waals surface area contributed by atoms with Gasteiger partial charge in [-0.1, -0.05) is 23.8 Å². The fourth-order valence-electron chi connectivity index (χ4n) is 1.36. The van der Waals surface area contributed by atoms with Gasteiger partial charge in [-0.2, -0.15) is 0 Å². The highest BCUT2D eigenvalue weighted by molar-refractivity contribution is 5.91. The zero-order valence-corrected chi connectivity index (χ0v) is 8.54. The normalized spacial score (nSPS) is 9.57. The van der Waals surface area contributed by atoms with Crippen LogP contribution >= 0.6 is 0 Å². The zero-order valence-electron chi connectivity index (χ0n) is 8.54. The summed E-state index contributed by atoms with van der Waals surface area (Å²) in [6.45, 7) is 5.65. The van der Waals surface area contributed by atoms with Crippen molar-refractivity contribution in [2.75, 3.05) is 7.11 Å². The quantitative estimate of drug-likeness (QED) is 0.540. The summed E-state index contributed by atoms with van der Waals surface area (Å²) in [5, 5.41) is 0. The molecule has 0 fully saturated rings. The first-order valence-electron chi connectivity index (χ1n) is 4.47. The van der Waals surface area contributed by atoms with Crippen molar-refractivity contribution in [1.29, 1.82) is 0 Å². The average Bonchev–Trinajstić information content (AvgIpc) is 2.17. The minimum Gasteiger partial charge on any atom is -0.465 e. The van der Waals surface area contributed by atoms with E-state index in [1.165, 1.54) is 7.11 Å². The smallest absolute Gasteiger partial charge is 0.338 e. The summed E-state index contributed by atoms with van der Waals surface area (Å²) in [6.07, 6.45) is 2.47. The summed E-state index contributed by atoms with van der Waals surface area (Å²) in [5.74, 6) is -0.290. The highest BCUT2D eigenvalue weighted by atomic mass is 16.5. The van der Waals surface area contributed by atoms with Crippen molar-refractivity contribution in [1.82, 2.24) is 0 Å². The van der Waals surface area contributed by atoms with E-state index in [9.17, 15) is 4.79 Å².